The zero-order chi connectivity index (χ0) is 47.9. The number of carbonyl (C=O) groups is 5. The number of hydrogen-bond donors (Lipinski definition) is 4. The molecule has 1 unspecified atom stereocenters. The Morgan fingerprint density at radius 2 is 1.70 bits per heavy atom. The van der Waals surface area contributed by atoms with Crippen molar-refractivity contribution in [2.45, 2.75) is 76.7 Å². The second kappa shape index (κ2) is 20.2. The maximum Gasteiger partial charge on any atom is 0.421 e. The number of carbonyl (C=O) groups excluding carboxylic acids is 5. The first-order valence-corrected chi connectivity index (χ1v) is 22.8. The summed E-state index contributed by atoms with van der Waals surface area (Å²) in [5, 5.41) is 18.4. The van der Waals surface area contributed by atoms with E-state index in [1.807, 2.05) is 0 Å². The maximum atomic E-state index is 13.9. The first-order valence-electron chi connectivity index (χ1n) is 21.0. The summed E-state index contributed by atoms with van der Waals surface area (Å²) >= 11 is 0. The molecule has 0 saturated carbocycles. The highest BCUT2D eigenvalue weighted by atomic mass is 32.2. The monoisotopic (exact) mass is 940 g/mol. The molecule has 1 fully saturated rings. The lowest BCUT2D eigenvalue weighted by molar-refractivity contribution is -0.138. The number of imide groups is 2. The summed E-state index contributed by atoms with van der Waals surface area (Å²) < 4.78 is 68.4. The predicted octanol–water partition coefficient (Wildman–Crippen LogP) is 5.28. The number of anilines is 5. The highest BCUT2D eigenvalue weighted by Crippen LogP contribution is 2.35. The summed E-state index contributed by atoms with van der Waals surface area (Å²) in [6.45, 7) is 0.301. The van der Waals surface area contributed by atoms with Crippen LogP contribution in [0, 0.1) is 11.8 Å². The fourth-order valence-electron chi connectivity index (χ4n) is 7.24. The number of pyridine rings is 1. The Bertz CT molecular complexity index is 2900. The smallest absolute Gasteiger partial charge is 0.365 e. The van der Waals surface area contributed by atoms with Gasteiger partial charge in [0.15, 0.2) is 5.69 Å². The zero-order valence-corrected chi connectivity index (χ0v) is 36.9. The first-order chi connectivity index (χ1) is 32.0. The Labute approximate surface area is 382 Å². The van der Waals surface area contributed by atoms with Crippen LogP contribution >= 0.6 is 0 Å². The number of sulfonamides is 1. The first kappa shape index (κ1) is 47.2. The lowest BCUT2D eigenvalue weighted by Gasteiger charge is -2.27. The van der Waals surface area contributed by atoms with E-state index in [0.29, 0.717) is 41.7 Å². The van der Waals surface area contributed by atoms with Crippen LogP contribution < -0.4 is 25.6 Å². The minimum Gasteiger partial charge on any atom is -0.365 e. The van der Waals surface area contributed by atoms with Gasteiger partial charge in [-0.05, 0) is 61.7 Å². The van der Waals surface area contributed by atoms with E-state index in [9.17, 15) is 45.6 Å². The number of hydrogen-bond acceptors (Lipinski definition) is 14. The lowest BCUT2D eigenvalue weighted by atomic mass is 10.0. The van der Waals surface area contributed by atoms with E-state index in [2.05, 4.69) is 58.4 Å². The summed E-state index contributed by atoms with van der Waals surface area (Å²) in [4.78, 5) is 76.1. The van der Waals surface area contributed by atoms with E-state index in [4.69, 9.17) is 0 Å². The van der Waals surface area contributed by atoms with Crippen molar-refractivity contribution in [3.05, 3.63) is 107 Å². The molecule has 348 valence electrons. The Balaban J connectivity index is 0.840. The van der Waals surface area contributed by atoms with E-state index >= 15 is 0 Å². The molecule has 0 spiro atoms. The van der Waals surface area contributed by atoms with Crippen molar-refractivity contribution >= 4 is 68.5 Å². The third-order valence-corrected chi connectivity index (χ3v) is 11.9. The molecule has 5 heterocycles. The number of halogens is 3. The average molecular weight is 941 g/mol. The lowest BCUT2D eigenvalue weighted by Crippen LogP contribution is -2.54. The predicted molar refractivity (Wildman–Crippen MR) is 237 cm³/mol. The van der Waals surface area contributed by atoms with Gasteiger partial charge in [0.05, 0.1) is 23.6 Å². The van der Waals surface area contributed by atoms with Crippen molar-refractivity contribution in [2.24, 2.45) is 0 Å². The van der Waals surface area contributed by atoms with Crippen LogP contribution in [0.3, 0.4) is 0 Å². The standard InChI is InChI=1S/C44H43F3N12O7S/c1-57(67(2,65)66)38-28(14-11-22-48-38)24-49-37-32(44(45,46)47)25-50-43(54-37)52-30-18-16-29(17-19-30)51-39(61)33-26-58(56-55-33)23-9-7-5-3-4-6-8-12-27-13-10-15-31-36(27)42(64)59(41(31)63)34-20-21-35(60)53-40(34)62/h10-11,13-19,22,25-26,34H,3-7,9,20-21,23-24H2,1-2H3,(H,51,61)(H,53,60,62)(H2,49,50,52,54). The van der Waals surface area contributed by atoms with E-state index in [1.54, 1.807) is 41.1 Å². The van der Waals surface area contributed by atoms with Crippen molar-refractivity contribution in [3.8, 4) is 11.8 Å². The van der Waals surface area contributed by atoms with Crippen molar-refractivity contribution in [2.75, 3.05) is 33.6 Å². The molecule has 1 saturated heterocycles. The number of amides is 5. The van der Waals surface area contributed by atoms with Gasteiger partial charge in [0.1, 0.15) is 23.2 Å². The molecule has 0 bridgehead atoms. The molecule has 19 nitrogen and oxygen atoms in total. The van der Waals surface area contributed by atoms with Gasteiger partial charge >= 0.3 is 6.18 Å². The minimum atomic E-state index is -4.80. The van der Waals surface area contributed by atoms with E-state index in [1.165, 1.54) is 37.6 Å². The molecule has 0 radical (unpaired) electrons. The Hall–Kier alpha value is -7.74. The number of unbranched alkanes of at least 4 members (excludes halogenated alkanes) is 5. The summed E-state index contributed by atoms with van der Waals surface area (Å²) in [5.41, 5.74) is 0.845. The second-order valence-corrected chi connectivity index (χ2v) is 17.6. The highest BCUT2D eigenvalue weighted by Gasteiger charge is 2.45. The van der Waals surface area contributed by atoms with Gasteiger partial charge in [-0.15, -0.1) is 5.10 Å². The molecule has 2 aliphatic rings. The van der Waals surface area contributed by atoms with Crippen LogP contribution in [0.15, 0.2) is 73.2 Å². The number of alkyl halides is 3. The molecule has 5 aromatic rings. The van der Waals surface area contributed by atoms with Gasteiger partial charge < -0.3 is 16.0 Å². The van der Waals surface area contributed by atoms with Gasteiger partial charge in [-0.25, -0.2) is 18.4 Å². The van der Waals surface area contributed by atoms with Crippen LogP contribution in [-0.2, 0) is 38.9 Å². The van der Waals surface area contributed by atoms with Crippen molar-refractivity contribution in [1.29, 1.82) is 0 Å². The van der Waals surface area contributed by atoms with Crippen LogP contribution in [0.5, 0.6) is 0 Å². The third-order valence-electron chi connectivity index (χ3n) is 10.8. The van der Waals surface area contributed by atoms with Gasteiger partial charge in [0, 0.05) is 67.9 Å². The molecule has 3 aromatic heterocycles. The number of aromatic nitrogens is 6. The number of aryl methyl sites for hydroxylation is 1. The summed E-state index contributed by atoms with van der Waals surface area (Å²) in [5.74, 6) is 2.64. The molecule has 5 amide bonds. The van der Waals surface area contributed by atoms with Gasteiger partial charge in [-0.3, -0.25) is 43.2 Å². The highest BCUT2D eigenvalue weighted by molar-refractivity contribution is 7.92. The zero-order valence-electron chi connectivity index (χ0n) is 36.1. The van der Waals surface area contributed by atoms with Crippen LogP contribution in [-0.4, -0.2) is 92.1 Å². The molecular formula is C44H43F3N12O7S. The van der Waals surface area contributed by atoms with Gasteiger partial charge in [-0.1, -0.05) is 48.4 Å². The maximum absolute atomic E-state index is 13.9. The third kappa shape index (κ3) is 11.4. The molecule has 4 N–H and O–H groups in total. The Morgan fingerprint density at radius 3 is 2.45 bits per heavy atom. The quantitative estimate of drug-likeness (QED) is 0.0527. The SMILES string of the molecule is CN(c1ncccc1CNc1nc(Nc2ccc(NC(=O)c3cn(CCCCCCCC#Cc4cccc5c4C(=O)N(C4CCC(=O)NC4=O)C5=O)nn3)cc2)ncc1C(F)(F)F)S(C)(=O)=O. The van der Waals surface area contributed by atoms with Gasteiger partial charge in [0.25, 0.3) is 17.7 Å². The molecular weight excluding hydrogens is 898 g/mol. The Morgan fingerprint density at radius 1 is 0.955 bits per heavy atom. The van der Waals surface area contributed by atoms with Crippen LogP contribution in [0.4, 0.5) is 42.1 Å². The molecule has 67 heavy (non-hydrogen) atoms. The van der Waals surface area contributed by atoms with E-state index in [-0.39, 0.29) is 48.0 Å². The normalized spacial score (nSPS) is 14.8. The van der Waals surface area contributed by atoms with Crippen LogP contribution in [0.2, 0.25) is 0 Å². The fraction of sp³-hybridized carbons (Fsp3) is 0.318. The second-order valence-electron chi connectivity index (χ2n) is 15.5. The number of fused-ring (bicyclic) bond motifs is 1. The largest absolute Gasteiger partial charge is 0.421 e. The van der Waals surface area contributed by atoms with E-state index < -0.39 is 63.2 Å². The van der Waals surface area contributed by atoms with Crippen molar-refractivity contribution < 1.29 is 45.6 Å². The number of nitrogens with zero attached hydrogens (tertiary/aromatic N) is 8. The average Bonchev–Trinajstić information content (AvgIpc) is 3.87. The van der Waals surface area contributed by atoms with Gasteiger partial charge in [0.2, 0.25) is 27.8 Å². The van der Waals surface area contributed by atoms with Crippen molar-refractivity contribution in [3.63, 3.8) is 0 Å². The summed E-state index contributed by atoms with van der Waals surface area (Å²) in [6.07, 6.45) is 4.71. The molecule has 0 aliphatic carbocycles. The van der Waals surface area contributed by atoms with Crippen LogP contribution in [0.25, 0.3) is 0 Å². The Kier molecular flexibility index (Phi) is 14.2. The van der Waals surface area contributed by atoms with Gasteiger partial charge in [-0.2, -0.15) is 18.2 Å². The molecule has 2 aromatic carbocycles. The summed E-state index contributed by atoms with van der Waals surface area (Å²) in [7, 11) is -2.42. The molecule has 23 heteroatoms. The number of nitrogens with one attached hydrogen (secondary N) is 4. The fourth-order valence-corrected chi connectivity index (χ4v) is 7.72. The number of piperidine rings is 1. The molecule has 7 rings (SSSR count). The topological polar surface area (TPSA) is 243 Å². The summed E-state index contributed by atoms with van der Waals surface area (Å²) in [6, 6.07) is 13.1. The minimum absolute atomic E-state index is 0.0371. The molecule has 2 aliphatic heterocycles. The number of benzene rings is 2. The number of rotatable bonds is 17. The van der Waals surface area contributed by atoms with E-state index in [0.717, 1.165) is 47.6 Å². The molecule has 1 atom stereocenters. The van der Waals surface area contributed by atoms with Crippen molar-refractivity contribution in [1.82, 2.24) is 40.2 Å². The van der Waals surface area contributed by atoms with Crippen LogP contribution in [0.1, 0.15) is 99.3 Å².